The lowest BCUT2D eigenvalue weighted by molar-refractivity contribution is -0.120. The number of likely N-dealkylation sites (tertiary alicyclic amines) is 1. The normalized spacial score (nSPS) is 22.4. The Morgan fingerprint density at radius 1 is 1.50 bits per heavy atom. The highest BCUT2D eigenvalue weighted by Gasteiger charge is 2.16. The molecule has 0 bridgehead atoms. The first-order valence-corrected chi connectivity index (χ1v) is 6.26. The fourth-order valence-corrected chi connectivity index (χ4v) is 2.20. The molecular formula is C12H25N3O. The van der Waals surface area contributed by atoms with Gasteiger partial charge in [0.25, 0.3) is 0 Å². The molecular weight excluding hydrogens is 202 g/mol. The molecule has 4 heteroatoms. The van der Waals surface area contributed by atoms with Gasteiger partial charge >= 0.3 is 0 Å². The molecule has 1 rings (SSSR count). The molecule has 4 nitrogen and oxygen atoms in total. The van der Waals surface area contributed by atoms with Gasteiger partial charge in [0, 0.05) is 12.6 Å². The van der Waals surface area contributed by atoms with Crippen molar-refractivity contribution in [2.75, 3.05) is 33.2 Å². The highest BCUT2D eigenvalue weighted by Crippen LogP contribution is 2.13. The van der Waals surface area contributed by atoms with Crippen molar-refractivity contribution in [2.24, 2.45) is 5.92 Å². The molecule has 0 aromatic rings. The second kappa shape index (κ2) is 6.86. The van der Waals surface area contributed by atoms with Gasteiger partial charge in [0.05, 0.1) is 6.54 Å². The van der Waals surface area contributed by atoms with Gasteiger partial charge in [-0.3, -0.25) is 4.79 Å². The zero-order chi connectivity index (χ0) is 12.0. The molecule has 1 unspecified atom stereocenters. The third-order valence-electron chi connectivity index (χ3n) is 2.89. The van der Waals surface area contributed by atoms with Crippen LogP contribution in [-0.4, -0.2) is 50.1 Å². The van der Waals surface area contributed by atoms with Crippen LogP contribution in [0.15, 0.2) is 0 Å². The molecule has 1 saturated heterocycles. The van der Waals surface area contributed by atoms with Crippen molar-refractivity contribution in [1.29, 1.82) is 0 Å². The monoisotopic (exact) mass is 227 g/mol. The first kappa shape index (κ1) is 13.5. The topological polar surface area (TPSA) is 44.4 Å². The van der Waals surface area contributed by atoms with E-state index in [1.54, 1.807) is 0 Å². The van der Waals surface area contributed by atoms with E-state index in [1.165, 1.54) is 19.4 Å². The van der Waals surface area contributed by atoms with E-state index in [4.69, 9.17) is 0 Å². The van der Waals surface area contributed by atoms with Gasteiger partial charge in [0.2, 0.25) is 5.91 Å². The molecule has 1 aliphatic heterocycles. The minimum absolute atomic E-state index is 0.0964. The van der Waals surface area contributed by atoms with Crippen LogP contribution in [0.25, 0.3) is 0 Å². The summed E-state index contributed by atoms with van der Waals surface area (Å²) in [4.78, 5) is 13.7. The lowest BCUT2D eigenvalue weighted by Crippen LogP contribution is -2.42. The first-order valence-electron chi connectivity index (χ1n) is 6.26. The minimum Gasteiger partial charge on any atom is -0.353 e. The number of carbonyl (C=O) groups is 1. The third kappa shape index (κ3) is 5.47. The van der Waals surface area contributed by atoms with E-state index in [1.807, 2.05) is 13.8 Å². The summed E-state index contributed by atoms with van der Waals surface area (Å²) in [6.45, 7) is 7.72. The Bertz CT molecular complexity index is 218. The predicted molar refractivity (Wildman–Crippen MR) is 66.4 cm³/mol. The average molecular weight is 227 g/mol. The third-order valence-corrected chi connectivity index (χ3v) is 2.89. The molecule has 1 heterocycles. The SMILES string of the molecule is CC(C)NC(=O)CNCC1CCCN(C)C1. The van der Waals surface area contributed by atoms with E-state index in [0.29, 0.717) is 12.5 Å². The second-order valence-corrected chi connectivity index (χ2v) is 5.12. The van der Waals surface area contributed by atoms with E-state index in [0.717, 1.165) is 13.1 Å². The molecule has 0 saturated carbocycles. The van der Waals surface area contributed by atoms with E-state index in [2.05, 4.69) is 22.6 Å². The second-order valence-electron chi connectivity index (χ2n) is 5.12. The number of piperidine rings is 1. The van der Waals surface area contributed by atoms with Crippen molar-refractivity contribution in [2.45, 2.75) is 32.7 Å². The summed E-state index contributed by atoms with van der Waals surface area (Å²) in [7, 11) is 2.16. The smallest absolute Gasteiger partial charge is 0.234 e. The molecule has 0 aromatic heterocycles. The predicted octanol–water partition coefficient (Wildman–Crippen LogP) is 0.442. The molecule has 1 amide bonds. The molecule has 0 radical (unpaired) electrons. The number of hydrogen-bond acceptors (Lipinski definition) is 3. The summed E-state index contributed by atoms with van der Waals surface area (Å²) in [6.07, 6.45) is 2.56. The number of hydrogen-bond donors (Lipinski definition) is 2. The number of nitrogens with one attached hydrogen (secondary N) is 2. The zero-order valence-corrected chi connectivity index (χ0v) is 10.8. The average Bonchev–Trinajstić information content (AvgIpc) is 2.16. The fourth-order valence-electron chi connectivity index (χ4n) is 2.20. The summed E-state index contributed by atoms with van der Waals surface area (Å²) in [5.41, 5.74) is 0. The standard InChI is InChI=1S/C12H25N3O/c1-10(2)14-12(16)8-13-7-11-5-4-6-15(3)9-11/h10-11,13H,4-9H2,1-3H3,(H,14,16). The number of amides is 1. The van der Waals surface area contributed by atoms with Gasteiger partial charge in [-0.1, -0.05) is 0 Å². The maximum absolute atomic E-state index is 11.4. The van der Waals surface area contributed by atoms with Gasteiger partial charge < -0.3 is 15.5 Å². The molecule has 0 aliphatic carbocycles. The van der Waals surface area contributed by atoms with Gasteiger partial charge in [-0.2, -0.15) is 0 Å². The zero-order valence-electron chi connectivity index (χ0n) is 10.8. The van der Waals surface area contributed by atoms with Gasteiger partial charge in [-0.05, 0) is 52.7 Å². The van der Waals surface area contributed by atoms with Crippen LogP contribution >= 0.6 is 0 Å². The lowest BCUT2D eigenvalue weighted by Gasteiger charge is -2.29. The van der Waals surface area contributed by atoms with Gasteiger partial charge in [0.15, 0.2) is 0 Å². The summed E-state index contributed by atoms with van der Waals surface area (Å²) in [5, 5.41) is 6.12. The van der Waals surface area contributed by atoms with Crippen molar-refractivity contribution in [3.8, 4) is 0 Å². The van der Waals surface area contributed by atoms with E-state index in [9.17, 15) is 4.79 Å². The maximum Gasteiger partial charge on any atom is 0.234 e. The quantitative estimate of drug-likeness (QED) is 0.716. The van der Waals surface area contributed by atoms with Crippen LogP contribution in [0.5, 0.6) is 0 Å². The molecule has 0 spiro atoms. The van der Waals surface area contributed by atoms with Crippen LogP contribution in [0.2, 0.25) is 0 Å². The fraction of sp³-hybridized carbons (Fsp3) is 0.917. The van der Waals surface area contributed by atoms with Crippen molar-refractivity contribution in [1.82, 2.24) is 15.5 Å². The summed E-state index contributed by atoms with van der Waals surface area (Å²) < 4.78 is 0. The lowest BCUT2D eigenvalue weighted by atomic mass is 9.98. The van der Waals surface area contributed by atoms with Gasteiger partial charge in [0.1, 0.15) is 0 Å². The van der Waals surface area contributed by atoms with Crippen LogP contribution in [0.1, 0.15) is 26.7 Å². The summed E-state index contributed by atoms with van der Waals surface area (Å²) >= 11 is 0. The van der Waals surface area contributed by atoms with Crippen LogP contribution in [-0.2, 0) is 4.79 Å². The maximum atomic E-state index is 11.4. The molecule has 94 valence electrons. The van der Waals surface area contributed by atoms with Crippen molar-refractivity contribution < 1.29 is 4.79 Å². The van der Waals surface area contributed by atoms with E-state index >= 15 is 0 Å². The highest BCUT2D eigenvalue weighted by atomic mass is 16.1. The Balaban J connectivity index is 2.08. The molecule has 16 heavy (non-hydrogen) atoms. The minimum atomic E-state index is 0.0964. The Kier molecular flexibility index (Phi) is 5.77. The molecule has 2 N–H and O–H groups in total. The Hall–Kier alpha value is -0.610. The largest absolute Gasteiger partial charge is 0.353 e. The Morgan fingerprint density at radius 3 is 2.88 bits per heavy atom. The Labute approximate surface area is 98.8 Å². The summed E-state index contributed by atoms with van der Waals surface area (Å²) in [6, 6.07) is 0.232. The number of carbonyl (C=O) groups excluding carboxylic acids is 1. The number of rotatable bonds is 5. The van der Waals surface area contributed by atoms with Crippen molar-refractivity contribution >= 4 is 5.91 Å². The van der Waals surface area contributed by atoms with E-state index < -0.39 is 0 Å². The molecule has 1 fully saturated rings. The van der Waals surface area contributed by atoms with Crippen molar-refractivity contribution in [3.05, 3.63) is 0 Å². The van der Waals surface area contributed by atoms with Crippen molar-refractivity contribution in [3.63, 3.8) is 0 Å². The Morgan fingerprint density at radius 2 is 2.25 bits per heavy atom. The molecule has 1 aliphatic rings. The molecule has 0 aromatic carbocycles. The highest BCUT2D eigenvalue weighted by molar-refractivity contribution is 5.78. The van der Waals surface area contributed by atoms with Crippen LogP contribution in [0, 0.1) is 5.92 Å². The first-order chi connectivity index (χ1) is 7.58. The van der Waals surface area contributed by atoms with Crippen LogP contribution in [0.4, 0.5) is 0 Å². The number of nitrogens with zero attached hydrogens (tertiary/aromatic N) is 1. The summed E-state index contributed by atoms with van der Waals surface area (Å²) in [5.74, 6) is 0.796. The van der Waals surface area contributed by atoms with Gasteiger partial charge in [-0.25, -0.2) is 0 Å². The van der Waals surface area contributed by atoms with Gasteiger partial charge in [-0.15, -0.1) is 0 Å². The van der Waals surface area contributed by atoms with Crippen LogP contribution < -0.4 is 10.6 Å². The molecule has 1 atom stereocenters. The van der Waals surface area contributed by atoms with E-state index in [-0.39, 0.29) is 11.9 Å². The van der Waals surface area contributed by atoms with Crippen LogP contribution in [0.3, 0.4) is 0 Å².